The van der Waals surface area contributed by atoms with Gasteiger partial charge in [0, 0.05) is 29.6 Å². The van der Waals surface area contributed by atoms with Crippen molar-refractivity contribution in [2.45, 2.75) is 13.3 Å². The lowest BCUT2D eigenvalue weighted by molar-refractivity contribution is 0.183. The van der Waals surface area contributed by atoms with Crippen molar-refractivity contribution < 1.29 is 5.11 Å². The van der Waals surface area contributed by atoms with E-state index in [0.717, 1.165) is 17.1 Å². The molecule has 0 aliphatic rings. The summed E-state index contributed by atoms with van der Waals surface area (Å²) in [5.41, 5.74) is 0.725. The molecule has 0 bridgehead atoms. The second-order valence-corrected chi connectivity index (χ2v) is 4.89. The van der Waals surface area contributed by atoms with Gasteiger partial charge in [-0.3, -0.25) is 4.40 Å². The van der Waals surface area contributed by atoms with Crippen LogP contribution in [-0.4, -0.2) is 21.1 Å². The van der Waals surface area contributed by atoms with Crippen molar-refractivity contribution in [1.29, 1.82) is 0 Å². The van der Waals surface area contributed by atoms with Crippen LogP contribution in [-0.2, 0) is 6.42 Å². The molecule has 0 fully saturated rings. The van der Waals surface area contributed by atoms with Crippen LogP contribution in [0.2, 0.25) is 0 Å². The normalized spacial score (nSPS) is 15.3. The van der Waals surface area contributed by atoms with Crippen molar-refractivity contribution in [2.75, 3.05) is 6.61 Å². The summed E-state index contributed by atoms with van der Waals surface area (Å²) in [4.78, 5) is 5.47. The molecule has 0 aromatic carbocycles. The van der Waals surface area contributed by atoms with Crippen molar-refractivity contribution in [3.05, 3.63) is 36.1 Å². The molecular weight excluding hydrogens is 208 g/mol. The van der Waals surface area contributed by atoms with Gasteiger partial charge in [0.15, 0.2) is 4.96 Å². The molecule has 3 nitrogen and oxygen atoms in total. The Morgan fingerprint density at radius 3 is 3.13 bits per heavy atom. The van der Waals surface area contributed by atoms with E-state index in [1.165, 1.54) is 0 Å². The molecule has 0 aliphatic heterocycles. The van der Waals surface area contributed by atoms with Crippen LogP contribution in [0.1, 0.15) is 12.6 Å². The van der Waals surface area contributed by atoms with Gasteiger partial charge in [-0.25, -0.2) is 4.98 Å². The fourth-order valence-electron chi connectivity index (χ4n) is 1.47. The van der Waals surface area contributed by atoms with Crippen LogP contribution in [0.15, 0.2) is 30.4 Å². The summed E-state index contributed by atoms with van der Waals surface area (Å²) in [6.07, 6.45) is 6.51. The largest absolute Gasteiger partial charge is 0.395 e. The molecule has 2 rings (SSSR count). The summed E-state index contributed by atoms with van der Waals surface area (Å²) in [5.74, 6) is 0. The van der Waals surface area contributed by atoms with Gasteiger partial charge in [-0.2, -0.15) is 0 Å². The highest BCUT2D eigenvalue weighted by Gasteiger charge is 2.21. The Balaban J connectivity index is 2.25. The topological polar surface area (TPSA) is 37.5 Å². The first kappa shape index (κ1) is 10.4. The molecule has 0 aliphatic carbocycles. The van der Waals surface area contributed by atoms with E-state index in [2.05, 4.69) is 11.6 Å². The summed E-state index contributed by atoms with van der Waals surface area (Å²) < 4.78 is 2.00. The highest BCUT2D eigenvalue weighted by atomic mass is 32.1. The Morgan fingerprint density at radius 2 is 2.53 bits per heavy atom. The Hall–Kier alpha value is -1.13. The van der Waals surface area contributed by atoms with Gasteiger partial charge in [-0.15, -0.1) is 17.9 Å². The first-order valence-electron chi connectivity index (χ1n) is 4.82. The molecule has 1 atom stereocenters. The molecular formula is C11H14N2OS. The summed E-state index contributed by atoms with van der Waals surface area (Å²) in [6.45, 7) is 5.83. The second kappa shape index (κ2) is 3.79. The lowest BCUT2D eigenvalue weighted by atomic mass is 9.87. The third-order valence-electron chi connectivity index (χ3n) is 2.58. The standard InChI is InChI=1S/C11H14N2OS/c1-3-11(2,8-14)6-9-7-13-4-5-15-10(13)12-9/h3-5,7,14H,1,6,8H2,2H3. The van der Waals surface area contributed by atoms with Gasteiger partial charge in [0.2, 0.25) is 0 Å². The Morgan fingerprint density at radius 1 is 1.73 bits per heavy atom. The van der Waals surface area contributed by atoms with E-state index in [1.54, 1.807) is 17.4 Å². The van der Waals surface area contributed by atoms with E-state index in [1.807, 2.05) is 29.1 Å². The van der Waals surface area contributed by atoms with Gasteiger partial charge in [-0.05, 0) is 0 Å². The zero-order valence-electron chi connectivity index (χ0n) is 8.68. The van der Waals surface area contributed by atoms with Crippen LogP contribution >= 0.6 is 11.3 Å². The monoisotopic (exact) mass is 222 g/mol. The number of imidazole rings is 1. The van der Waals surface area contributed by atoms with E-state index in [-0.39, 0.29) is 12.0 Å². The number of hydrogen-bond acceptors (Lipinski definition) is 3. The number of aromatic nitrogens is 2. The summed E-state index contributed by atoms with van der Waals surface area (Å²) in [6, 6.07) is 0. The Bertz CT molecular complexity index is 445. The molecule has 0 radical (unpaired) electrons. The minimum absolute atomic E-state index is 0.0989. The molecule has 15 heavy (non-hydrogen) atoms. The molecule has 0 spiro atoms. The van der Waals surface area contributed by atoms with Crippen molar-refractivity contribution in [2.24, 2.45) is 5.41 Å². The van der Waals surface area contributed by atoms with Crippen molar-refractivity contribution in [3.8, 4) is 0 Å². The van der Waals surface area contributed by atoms with Crippen LogP contribution in [0.4, 0.5) is 0 Å². The van der Waals surface area contributed by atoms with Gasteiger partial charge < -0.3 is 5.11 Å². The summed E-state index contributed by atoms with van der Waals surface area (Å²) >= 11 is 1.61. The molecule has 4 heteroatoms. The lowest BCUT2D eigenvalue weighted by Gasteiger charge is -2.21. The number of rotatable bonds is 4. The molecule has 80 valence electrons. The molecule has 0 amide bonds. The van der Waals surface area contributed by atoms with Gasteiger partial charge >= 0.3 is 0 Å². The third kappa shape index (κ3) is 1.96. The van der Waals surface area contributed by atoms with Crippen LogP contribution in [0.5, 0.6) is 0 Å². The second-order valence-electron chi connectivity index (χ2n) is 4.02. The number of thiazole rings is 1. The van der Waals surface area contributed by atoms with Crippen LogP contribution in [0, 0.1) is 5.41 Å². The molecule has 0 saturated carbocycles. The molecule has 2 aromatic rings. The van der Waals surface area contributed by atoms with Crippen LogP contribution < -0.4 is 0 Å². The highest BCUT2D eigenvalue weighted by Crippen LogP contribution is 2.23. The van der Waals surface area contributed by atoms with Crippen molar-refractivity contribution in [1.82, 2.24) is 9.38 Å². The number of aliphatic hydroxyl groups excluding tert-OH is 1. The van der Waals surface area contributed by atoms with E-state index in [4.69, 9.17) is 0 Å². The quantitative estimate of drug-likeness (QED) is 0.805. The van der Waals surface area contributed by atoms with E-state index >= 15 is 0 Å². The molecule has 0 saturated heterocycles. The predicted octanol–water partition coefficient (Wildman–Crippen LogP) is 2.12. The maximum absolute atomic E-state index is 9.27. The van der Waals surface area contributed by atoms with Crippen LogP contribution in [0.25, 0.3) is 4.96 Å². The number of nitrogens with zero attached hydrogens (tertiary/aromatic N) is 2. The Kier molecular flexibility index (Phi) is 2.63. The maximum atomic E-state index is 9.27. The van der Waals surface area contributed by atoms with E-state index < -0.39 is 0 Å². The number of aliphatic hydroxyl groups is 1. The average molecular weight is 222 g/mol. The maximum Gasteiger partial charge on any atom is 0.193 e. The lowest BCUT2D eigenvalue weighted by Crippen LogP contribution is -2.21. The third-order valence-corrected chi connectivity index (χ3v) is 3.35. The Labute approximate surface area is 92.7 Å². The molecule has 1 N–H and O–H groups in total. The molecule has 2 aromatic heterocycles. The first-order chi connectivity index (χ1) is 7.17. The van der Waals surface area contributed by atoms with Crippen molar-refractivity contribution >= 4 is 16.3 Å². The summed E-state index contributed by atoms with van der Waals surface area (Å²) in [5, 5.41) is 11.3. The van der Waals surface area contributed by atoms with E-state index in [0.29, 0.717) is 0 Å². The molecule has 2 heterocycles. The van der Waals surface area contributed by atoms with Gasteiger partial charge in [0.25, 0.3) is 0 Å². The fourth-order valence-corrected chi connectivity index (χ4v) is 2.19. The van der Waals surface area contributed by atoms with Gasteiger partial charge in [0.1, 0.15) is 0 Å². The average Bonchev–Trinajstić information content (AvgIpc) is 2.77. The SMILES string of the molecule is C=CC(C)(CO)Cc1cn2ccsc2n1. The van der Waals surface area contributed by atoms with Gasteiger partial charge in [-0.1, -0.05) is 13.0 Å². The molecule has 1 unspecified atom stereocenters. The number of hydrogen-bond donors (Lipinski definition) is 1. The smallest absolute Gasteiger partial charge is 0.193 e. The zero-order chi connectivity index (χ0) is 10.9. The van der Waals surface area contributed by atoms with Gasteiger partial charge in [0.05, 0.1) is 12.3 Å². The van der Waals surface area contributed by atoms with Crippen molar-refractivity contribution in [3.63, 3.8) is 0 Å². The first-order valence-corrected chi connectivity index (χ1v) is 5.70. The highest BCUT2D eigenvalue weighted by molar-refractivity contribution is 7.15. The zero-order valence-corrected chi connectivity index (χ0v) is 9.50. The van der Waals surface area contributed by atoms with E-state index in [9.17, 15) is 5.11 Å². The number of fused-ring (bicyclic) bond motifs is 1. The van der Waals surface area contributed by atoms with Crippen LogP contribution in [0.3, 0.4) is 0 Å². The predicted molar refractivity (Wildman–Crippen MR) is 62.2 cm³/mol. The minimum Gasteiger partial charge on any atom is -0.395 e. The fraction of sp³-hybridized carbons (Fsp3) is 0.364. The minimum atomic E-state index is -0.274. The summed E-state index contributed by atoms with van der Waals surface area (Å²) in [7, 11) is 0.